The second-order valence-electron chi connectivity index (χ2n) is 4.96. The van der Waals surface area contributed by atoms with Crippen LogP contribution in [0.1, 0.15) is 36.5 Å². The molecule has 2 aromatic carbocycles. The van der Waals surface area contributed by atoms with E-state index in [1.165, 1.54) is 5.56 Å². The van der Waals surface area contributed by atoms with E-state index in [2.05, 4.69) is 26.0 Å². The highest BCUT2D eigenvalue weighted by Gasteiger charge is 2.13. The number of rotatable bonds is 4. The van der Waals surface area contributed by atoms with Crippen molar-refractivity contribution in [1.82, 2.24) is 0 Å². The van der Waals surface area contributed by atoms with E-state index in [0.717, 1.165) is 17.5 Å². The molecule has 0 amide bonds. The number of nitro groups is 1. The van der Waals surface area contributed by atoms with Gasteiger partial charge in [-0.15, -0.1) is 0 Å². The number of hydrogen-bond donors (Lipinski definition) is 0. The molecule has 3 heteroatoms. The topological polar surface area (TPSA) is 43.1 Å². The van der Waals surface area contributed by atoms with Gasteiger partial charge in [0, 0.05) is 12.1 Å². The number of hydrogen-bond acceptors (Lipinski definition) is 2. The van der Waals surface area contributed by atoms with Crippen LogP contribution in [-0.4, -0.2) is 4.92 Å². The van der Waals surface area contributed by atoms with Gasteiger partial charge in [-0.25, -0.2) is 0 Å². The molecule has 2 rings (SSSR count). The molecule has 0 spiro atoms. The Kier molecular flexibility index (Phi) is 3.95. The maximum absolute atomic E-state index is 10.9. The van der Waals surface area contributed by atoms with E-state index in [0.29, 0.717) is 0 Å². The van der Waals surface area contributed by atoms with E-state index >= 15 is 0 Å². The zero-order valence-corrected chi connectivity index (χ0v) is 11.2. The van der Waals surface area contributed by atoms with Crippen molar-refractivity contribution < 1.29 is 4.92 Å². The molecule has 19 heavy (non-hydrogen) atoms. The molecule has 0 saturated heterocycles. The first-order chi connectivity index (χ1) is 9.08. The van der Waals surface area contributed by atoms with Crippen LogP contribution in [0.3, 0.4) is 0 Å². The van der Waals surface area contributed by atoms with Gasteiger partial charge < -0.3 is 0 Å². The van der Waals surface area contributed by atoms with E-state index in [1.807, 2.05) is 24.3 Å². The molecule has 2 aromatic rings. The largest absolute Gasteiger partial charge is 0.269 e. The van der Waals surface area contributed by atoms with Gasteiger partial charge in [0.15, 0.2) is 0 Å². The Morgan fingerprint density at radius 2 is 1.79 bits per heavy atom. The Labute approximate surface area is 113 Å². The second kappa shape index (κ2) is 5.65. The smallest absolute Gasteiger partial charge is 0.258 e. The van der Waals surface area contributed by atoms with Gasteiger partial charge in [0.2, 0.25) is 0 Å². The van der Waals surface area contributed by atoms with Gasteiger partial charge >= 0.3 is 0 Å². The molecule has 0 aliphatic carbocycles. The van der Waals surface area contributed by atoms with Crippen LogP contribution in [0, 0.1) is 10.1 Å². The minimum atomic E-state index is -0.335. The molecule has 0 unspecified atom stereocenters. The SMILES string of the molecule is CC(C)c1cc([N+](=O)[O-])ccc1Cc1ccccc1. The van der Waals surface area contributed by atoms with E-state index in [1.54, 1.807) is 12.1 Å². The highest BCUT2D eigenvalue weighted by atomic mass is 16.6. The number of benzene rings is 2. The van der Waals surface area contributed by atoms with E-state index in [4.69, 9.17) is 0 Å². The van der Waals surface area contributed by atoms with Gasteiger partial charge in [-0.05, 0) is 29.0 Å². The number of nitro benzene ring substituents is 1. The summed E-state index contributed by atoms with van der Waals surface area (Å²) in [5.74, 6) is 0.276. The van der Waals surface area contributed by atoms with Crippen molar-refractivity contribution in [2.45, 2.75) is 26.2 Å². The fourth-order valence-electron chi connectivity index (χ4n) is 2.21. The Hall–Kier alpha value is -2.16. The van der Waals surface area contributed by atoms with Gasteiger partial charge in [-0.1, -0.05) is 50.2 Å². The minimum Gasteiger partial charge on any atom is -0.258 e. The van der Waals surface area contributed by atoms with Crippen molar-refractivity contribution in [2.75, 3.05) is 0 Å². The number of nitrogens with zero attached hydrogens (tertiary/aromatic N) is 1. The zero-order chi connectivity index (χ0) is 13.8. The van der Waals surface area contributed by atoms with Crippen LogP contribution in [0.25, 0.3) is 0 Å². The van der Waals surface area contributed by atoms with Crippen molar-refractivity contribution in [1.29, 1.82) is 0 Å². The highest BCUT2D eigenvalue weighted by molar-refractivity contribution is 5.43. The monoisotopic (exact) mass is 255 g/mol. The molecule has 0 aliphatic rings. The predicted molar refractivity (Wildman–Crippen MR) is 76.4 cm³/mol. The molecule has 0 bridgehead atoms. The van der Waals surface area contributed by atoms with Gasteiger partial charge in [-0.2, -0.15) is 0 Å². The Morgan fingerprint density at radius 3 is 2.37 bits per heavy atom. The van der Waals surface area contributed by atoms with E-state index < -0.39 is 0 Å². The highest BCUT2D eigenvalue weighted by Crippen LogP contribution is 2.26. The van der Waals surface area contributed by atoms with Crippen LogP contribution >= 0.6 is 0 Å². The third-order valence-corrected chi connectivity index (χ3v) is 3.20. The summed E-state index contributed by atoms with van der Waals surface area (Å²) in [5.41, 5.74) is 3.60. The standard InChI is InChI=1S/C16H17NO2/c1-12(2)16-11-15(17(18)19)9-8-14(16)10-13-6-4-3-5-7-13/h3-9,11-12H,10H2,1-2H3. The van der Waals surface area contributed by atoms with E-state index in [-0.39, 0.29) is 16.5 Å². The minimum absolute atomic E-state index is 0.167. The first-order valence-corrected chi connectivity index (χ1v) is 6.39. The average molecular weight is 255 g/mol. The maximum atomic E-state index is 10.9. The molecular weight excluding hydrogens is 238 g/mol. The second-order valence-corrected chi connectivity index (χ2v) is 4.96. The summed E-state index contributed by atoms with van der Waals surface area (Å²) in [7, 11) is 0. The molecule has 0 radical (unpaired) electrons. The van der Waals surface area contributed by atoms with Crippen LogP contribution in [0.4, 0.5) is 5.69 Å². The van der Waals surface area contributed by atoms with Crippen molar-refractivity contribution >= 4 is 5.69 Å². The Balaban J connectivity index is 2.37. The summed E-state index contributed by atoms with van der Waals surface area (Å²) in [4.78, 5) is 10.5. The molecule has 98 valence electrons. The Bertz CT molecular complexity index is 577. The first-order valence-electron chi connectivity index (χ1n) is 6.39. The first kappa shape index (κ1) is 13.3. The lowest BCUT2D eigenvalue weighted by Gasteiger charge is -2.12. The molecule has 0 aliphatic heterocycles. The quantitative estimate of drug-likeness (QED) is 0.603. The van der Waals surface area contributed by atoms with Crippen LogP contribution in [-0.2, 0) is 6.42 Å². The third kappa shape index (κ3) is 3.19. The molecular formula is C16H17NO2. The Morgan fingerprint density at radius 1 is 1.11 bits per heavy atom. The molecule has 0 aromatic heterocycles. The summed E-state index contributed by atoms with van der Waals surface area (Å²) in [6.45, 7) is 4.13. The van der Waals surface area contributed by atoms with Gasteiger partial charge in [-0.3, -0.25) is 10.1 Å². The van der Waals surface area contributed by atoms with Crippen LogP contribution in [0.5, 0.6) is 0 Å². The molecule has 0 fully saturated rings. The molecule has 3 nitrogen and oxygen atoms in total. The molecule has 0 atom stereocenters. The lowest BCUT2D eigenvalue weighted by atomic mass is 9.92. The summed E-state index contributed by atoms with van der Waals surface area (Å²) >= 11 is 0. The van der Waals surface area contributed by atoms with Gasteiger partial charge in [0.1, 0.15) is 0 Å². The molecule has 0 saturated carbocycles. The predicted octanol–water partition coefficient (Wildman–Crippen LogP) is 4.31. The van der Waals surface area contributed by atoms with Crippen molar-refractivity contribution in [3.63, 3.8) is 0 Å². The normalized spacial score (nSPS) is 10.7. The summed E-state index contributed by atoms with van der Waals surface area (Å²) in [5, 5.41) is 10.9. The third-order valence-electron chi connectivity index (χ3n) is 3.20. The van der Waals surface area contributed by atoms with Crippen molar-refractivity contribution in [2.24, 2.45) is 0 Å². The zero-order valence-electron chi connectivity index (χ0n) is 11.2. The number of non-ortho nitro benzene ring substituents is 1. The molecule has 0 N–H and O–H groups in total. The van der Waals surface area contributed by atoms with Gasteiger partial charge in [0.25, 0.3) is 5.69 Å². The maximum Gasteiger partial charge on any atom is 0.269 e. The fraction of sp³-hybridized carbons (Fsp3) is 0.250. The molecule has 0 heterocycles. The van der Waals surface area contributed by atoms with Gasteiger partial charge in [0.05, 0.1) is 4.92 Å². The average Bonchev–Trinajstić information content (AvgIpc) is 2.39. The van der Waals surface area contributed by atoms with Crippen molar-refractivity contribution in [3.8, 4) is 0 Å². The van der Waals surface area contributed by atoms with Crippen molar-refractivity contribution in [3.05, 3.63) is 75.3 Å². The van der Waals surface area contributed by atoms with Crippen LogP contribution in [0.2, 0.25) is 0 Å². The van der Waals surface area contributed by atoms with Crippen LogP contribution < -0.4 is 0 Å². The van der Waals surface area contributed by atoms with Crippen LogP contribution in [0.15, 0.2) is 48.5 Å². The summed E-state index contributed by atoms with van der Waals surface area (Å²) in [6.07, 6.45) is 0.812. The van der Waals surface area contributed by atoms with E-state index in [9.17, 15) is 10.1 Å². The fourth-order valence-corrected chi connectivity index (χ4v) is 2.21. The summed E-state index contributed by atoms with van der Waals surface area (Å²) in [6, 6.07) is 15.3. The lowest BCUT2D eigenvalue weighted by Crippen LogP contribution is -2.00. The lowest BCUT2D eigenvalue weighted by molar-refractivity contribution is -0.384. The summed E-state index contributed by atoms with van der Waals surface area (Å²) < 4.78 is 0.